The Morgan fingerprint density at radius 1 is 0.860 bits per heavy atom. The number of carbonyl (C=O) groups excluding carboxylic acids is 1. The number of amides is 1. The number of benzene rings is 4. The van der Waals surface area contributed by atoms with E-state index in [9.17, 15) is 20.1 Å². The zero-order chi connectivity index (χ0) is 30.2. The Balaban J connectivity index is 1.21. The number of phenolic OH excluding ortho intramolecular Hbond substituents is 3. The molecule has 0 unspecified atom stereocenters. The molecule has 4 aromatic carbocycles. The number of carbonyl (C=O) groups is 1. The summed E-state index contributed by atoms with van der Waals surface area (Å²) >= 11 is 2.81. The molecule has 0 bridgehead atoms. The van der Waals surface area contributed by atoms with Crippen LogP contribution in [0.3, 0.4) is 0 Å². The monoisotopic (exact) mass is 615 g/mol. The molecule has 0 saturated heterocycles. The minimum absolute atomic E-state index is 0.0213. The summed E-state index contributed by atoms with van der Waals surface area (Å²) in [6.07, 6.45) is 3.46. The SMILES string of the molecule is CN(CCCc1ccccc1)Sc1cc(C(=O)N2CCc3ccc(SNCCc4ccccc4)cc3C2)c(O)c(O)c1O. The van der Waals surface area contributed by atoms with Gasteiger partial charge in [0, 0.05) is 31.1 Å². The fourth-order valence-electron chi connectivity index (χ4n) is 5.14. The number of nitrogens with zero attached hydrogens (tertiary/aromatic N) is 2. The van der Waals surface area contributed by atoms with Gasteiger partial charge in [0.05, 0.1) is 10.5 Å². The molecule has 4 N–H and O–H groups in total. The van der Waals surface area contributed by atoms with Gasteiger partial charge in [0.2, 0.25) is 5.75 Å². The number of hydrogen-bond donors (Lipinski definition) is 4. The molecule has 0 aromatic heterocycles. The maximum atomic E-state index is 13.6. The number of hydrogen-bond acceptors (Lipinski definition) is 8. The number of nitrogens with one attached hydrogen (secondary N) is 1. The molecule has 43 heavy (non-hydrogen) atoms. The Hall–Kier alpha value is -3.63. The third kappa shape index (κ3) is 8.06. The van der Waals surface area contributed by atoms with Gasteiger partial charge in [0.25, 0.3) is 5.91 Å². The number of rotatable bonds is 12. The quantitative estimate of drug-likeness (QED) is 0.0825. The van der Waals surface area contributed by atoms with E-state index in [4.69, 9.17) is 0 Å². The Kier molecular flexibility index (Phi) is 10.5. The summed E-state index contributed by atoms with van der Waals surface area (Å²) in [4.78, 5) is 16.7. The summed E-state index contributed by atoms with van der Waals surface area (Å²) in [6, 6.07) is 28.4. The maximum absolute atomic E-state index is 13.6. The van der Waals surface area contributed by atoms with E-state index in [2.05, 4.69) is 47.2 Å². The van der Waals surface area contributed by atoms with Crippen LogP contribution < -0.4 is 4.72 Å². The summed E-state index contributed by atoms with van der Waals surface area (Å²) in [6.45, 7) is 2.46. The molecular weight excluding hydrogens is 579 g/mol. The summed E-state index contributed by atoms with van der Waals surface area (Å²) in [5, 5.41) is 31.7. The average Bonchev–Trinajstić information content (AvgIpc) is 3.03. The Bertz CT molecular complexity index is 1540. The van der Waals surface area contributed by atoms with Crippen LogP contribution in [-0.4, -0.2) is 57.1 Å². The van der Waals surface area contributed by atoms with E-state index in [0.717, 1.165) is 42.8 Å². The summed E-state index contributed by atoms with van der Waals surface area (Å²) in [5.41, 5.74) is 4.78. The molecule has 0 spiro atoms. The van der Waals surface area contributed by atoms with Gasteiger partial charge in [-0.15, -0.1) is 0 Å². The van der Waals surface area contributed by atoms with Gasteiger partial charge in [-0.25, -0.2) is 4.31 Å². The van der Waals surface area contributed by atoms with E-state index in [1.165, 1.54) is 34.7 Å². The zero-order valence-corrected chi connectivity index (χ0v) is 25.8. The van der Waals surface area contributed by atoms with Crippen LogP contribution in [0.25, 0.3) is 0 Å². The van der Waals surface area contributed by atoms with E-state index in [0.29, 0.717) is 24.4 Å². The van der Waals surface area contributed by atoms with Gasteiger partial charge in [0.15, 0.2) is 11.5 Å². The van der Waals surface area contributed by atoms with Crippen molar-refractivity contribution in [2.45, 2.75) is 42.0 Å². The van der Waals surface area contributed by atoms with Crippen LogP contribution in [0.5, 0.6) is 17.2 Å². The molecule has 5 rings (SSSR count). The van der Waals surface area contributed by atoms with Crippen molar-refractivity contribution in [3.05, 3.63) is 113 Å². The number of aromatic hydroxyl groups is 3. The van der Waals surface area contributed by atoms with Crippen molar-refractivity contribution >= 4 is 29.8 Å². The van der Waals surface area contributed by atoms with E-state index in [-0.39, 0.29) is 11.5 Å². The van der Waals surface area contributed by atoms with E-state index in [1.54, 1.807) is 16.8 Å². The van der Waals surface area contributed by atoms with Crippen molar-refractivity contribution in [1.29, 1.82) is 0 Å². The van der Waals surface area contributed by atoms with Crippen molar-refractivity contribution in [2.24, 2.45) is 0 Å². The normalized spacial score (nSPS) is 12.8. The Morgan fingerprint density at radius 2 is 1.56 bits per heavy atom. The van der Waals surface area contributed by atoms with E-state index < -0.39 is 17.2 Å². The fourth-order valence-corrected chi connectivity index (χ4v) is 6.75. The van der Waals surface area contributed by atoms with Crippen LogP contribution in [0.4, 0.5) is 0 Å². The third-order valence-corrected chi connectivity index (χ3v) is 9.34. The van der Waals surface area contributed by atoms with Gasteiger partial charge in [-0.2, -0.15) is 0 Å². The summed E-state index contributed by atoms with van der Waals surface area (Å²) < 4.78 is 5.38. The van der Waals surface area contributed by atoms with Gasteiger partial charge >= 0.3 is 0 Å². The molecule has 1 amide bonds. The highest BCUT2D eigenvalue weighted by Crippen LogP contribution is 2.45. The van der Waals surface area contributed by atoms with Gasteiger partial charge < -0.3 is 20.2 Å². The first-order chi connectivity index (χ1) is 20.9. The lowest BCUT2D eigenvalue weighted by Gasteiger charge is -2.30. The van der Waals surface area contributed by atoms with Crippen LogP contribution in [0.1, 0.15) is 39.0 Å². The molecule has 0 atom stereocenters. The predicted molar refractivity (Wildman–Crippen MR) is 174 cm³/mol. The molecule has 1 aliphatic rings. The highest BCUT2D eigenvalue weighted by Gasteiger charge is 2.28. The Morgan fingerprint density at radius 3 is 2.28 bits per heavy atom. The van der Waals surface area contributed by atoms with Gasteiger partial charge in [0.1, 0.15) is 0 Å². The highest BCUT2D eigenvalue weighted by molar-refractivity contribution is 7.97. The van der Waals surface area contributed by atoms with Crippen LogP contribution in [0.2, 0.25) is 0 Å². The van der Waals surface area contributed by atoms with Crippen LogP contribution >= 0.6 is 23.9 Å². The lowest BCUT2D eigenvalue weighted by Crippen LogP contribution is -2.36. The largest absolute Gasteiger partial charge is 0.504 e. The topological polar surface area (TPSA) is 96.3 Å². The standard InChI is InChI=1S/C34H37N3O4S2/c1-36(19-8-13-24-9-4-2-5-10-24)43-30-22-29(31(38)33(40)32(30)39)34(41)37-20-17-26-14-15-28(21-27(26)23-37)42-35-18-16-25-11-6-3-7-12-25/h2-7,9-12,14-15,21-22,35,38-40H,8,13,16-20,23H2,1H3. The van der Waals surface area contributed by atoms with Crippen molar-refractivity contribution in [1.82, 2.24) is 13.9 Å². The second kappa shape index (κ2) is 14.7. The molecule has 7 nitrogen and oxygen atoms in total. The minimum atomic E-state index is -0.677. The molecule has 1 heterocycles. The lowest BCUT2D eigenvalue weighted by molar-refractivity contribution is 0.0730. The van der Waals surface area contributed by atoms with Crippen molar-refractivity contribution in [3.63, 3.8) is 0 Å². The first-order valence-electron chi connectivity index (χ1n) is 14.4. The molecule has 0 saturated carbocycles. The second-order valence-corrected chi connectivity index (χ2v) is 12.8. The smallest absolute Gasteiger partial charge is 0.258 e. The second-order valence-electron chi connectivity index (χ2n) is 10.6. The molecule has 4 aromatic rings. The molecule has 0 fully saturated rings. The van der Waals surface area contributed by atoms with Gasteiger partial charge in [-0.05, 0) is 97.1 Å². The van der Waals surface area contributed by atoms with E-state index in [1.807, 2.05) is 47.8 Å². The zero-order valence-electron chi connectivity index (χ0n) is 24.2. The fraction of sp³-hybridized carbons (Fsp3) is 0.265. The van der Waals surface area contributed by atoms with E-state index >= 15 is 0 Å². The molecular formula is C34H37N3O4S2. The molecule has 9 heteroatoms. The lowest BCUT2D eigenvalue weighted by atomic mass is 9.99. The third-order valence-electron chi connectivity index (χ3n) is 7.50. The van der Waals surface area contributed by atoms with Crippen molar-refractivity contribution < 1.29 is 20.1 Å². The van der Waals surface area contributed by atoms with Gasteiger partial charge in [-0.3, -0.25) is 9.52 Å². The first kappa shape index (κ1) is 30.8. The molecule has 0 aliphatic carbocycles. The minimum Gasteiger partial charge on any atom is -0.504 e. The predicted octanol–water partition coefficient (Wildman–Crippen LogP) is 6.41. The van der Waals surface area contributed by atoms with Crippen LogP contribution in [0.15, 0.2) is 94.7 Å². The van der Waals surface area contributed by atoms with Crippen LogP contribution in [0, 0.1) is 0 Å². The number of phenols is 3. The number of fused-ring (bicyclic) bond motifs is 1. The van der Waals surface area contributed by atoms with Gasteiger partial charge in [-0.1, -0.05) is 66.7 Å². The summed E-state index contributed by atoms with van der Waals surface area (Å²) in [7, 11) is 1.90. The van der Waals surface area contributed by atoms with Crippen molar-refractivity contribution in [3.8, 4) is 17.2 Å². The van der Waals surface area contributed by atoms with Crippen LogP contribution in [-0.2, 0) is 25.8 Å². The number of aryl methyl sites for hydroxylation is 1. The maximum Gasteiger partial charge on any atom is 0.258 e. The molecule has 224 valence electrons. The molecule has 0 radical (unpaired) electrons. The Labute approximate surface area is 261 Å². The summed E-state index contributed by atoms with van der Waals surface area (Å²) in [5.74, 6) is -2.09. The van der Waals surface area contributed by atoms with Crippen molar-refractivity contribution in [2.75, 3.05) is 26.7 Å². The highest BCUT2D eigenvalue weighted by atomic mass is 32.2. The first-order valence-corrected chi connectivity index (χ1v) is 16.0. The average molecular weight is 616 g/mol. The molecule has 1 aliphatic heterocycles.